The van der Waals surface area contributed by atoms with Crippen molar-refractivity contribution in [3.05, 3.63) is 0 Å². The van der Waals surface area contributed by atoms with Gasteiger partial charge in [0, 0.05) is 25.2 Å². The molecule has 0 radical (unpaired) electrons. The minimum absolute atomic E-state index is 0.142. The van der Waals surface area contributed by atoms with E-state index in [9.17, 15) is 4.79 Å². The Morgan fingerprint density at radius 1 is 1.29 bits per heavy atom. The summed E-state index contributed by atoms with van der Waals surface area (Å²) in [6, 6.07) is 0.617. The monoisotopic (exact) mass is 240 g/mol. The molecule has 0 aromatic rings. The number of ether oxygens (including phenoxy) is 1. The standard InChI is InChI=1S/C13H24N2O2/c1-10-8-14-7-5-6-11(9-14)15(10)12(16)17-13(2,3)4/h10-11H,5-9H2,1-4H3. The molecule has 2 heterocycles. The van der Waals surface area contributed by atoms with E-state index >= 15 is 0 Å². The molecule has 2 aliphatic rings. The van der Waals surface area contributed by atoms with E-state index in [0.29, 0.717) is 6.04 Å². The van der Waals surface area contributed by atoms with E-state index in [1.54, 1.807) is 0 Å². The first kappa shape index (κ1) is 12.7. The SMILES string of the molecule is CC1CN2CCCC(C2)N1C(=O)OC(C)(C)C. The van der Waals surface area contributed by atoms with Crippen molar-refractivity contribution in [1.82, 2.24) is 9.80 Å². The summed E-state index contributed by atoms with van der Waals surface area (Å²) >= 11 is 0. The molecule has 0 aromatic heterocycles. The lowest BCUT2D eigenvalue weighted by Gasteiger charge is -2.48. The molecule has 4 nitrogen and oxygen atoms in total. The van der Waals surface area contributed by atoms with E-state index in [4.69, 9.17) is 4.74 Å². The topological polar surface area (TPSA) is 32.8 Å². The highest BCUT2D eigenvalue weighted by Gasteiger charge is 2.39. The summed E-state index contributed by atoms with van der Waals surface area (Å²) in [5.41, 5.74) is -0.400. The summed E-state index contributed by atoms with van der Waals surface area (Å²) in [7, 11) is 0. The fourth-order valence-electron chi connectivity index (χ4n) is 2.89. The number of hydrogen-bond donors (Lipinski definition) is 0. The molecule has 3 unspecified atom stereocenters. The molecule has 2 aliphatic heterocycles. The number of rotatable bonds is 0. The van der Waals surface area contributed by atoms with Crippen LogP contribution in [0.3, 0.4) is 0 Å². The van der Waals surface area contributed by atoms with Crippen molar-refractivity contribution in [2.24, 2.45) is 0 Å². The Bertz CT molecular complexity index is 296. The average molecular weight is 240 g/mol. The number of piperazine rings is 1. The van der Waals surface area contributed by atoms with Gasteiger partial charge in [0.05, 0.1) is 0 Å². The van der Waals surface area contributed by atoms with Crippen molar-refractivity contribution in [2.45, 2.75) is 58.2 Å². The number of fused-ring (bicyclic) bond motifs is 2. The molecular weight excluding hydrogens is 216 g/mol. The van der Waals surface area contributed by atoms with Gasteiger partial charge in [-0.2, -0.15) is 0 Å². The molecule has 1 amide bonds. The zero-order valence-corrected chi connectivity index (χ0v) is 11.4. The molecule has 0 saturated carbocycles. The smallest absolute Gasteiger partial charge is 0.410 e. The molecule has 2 saturated heterocycles. The molecular formula is C13H24N2O2. The molecule has 4 heteroatoms. The third kappa shape index (κ3) is 2.92. The van der Waals surface area contributed by atoms with Gasteiger partial charge in [0.15, 0.2) is 0 Å². The number of piperidine rings is 1. The predicted molar refractivity (Wildman–Crippen MR) is 67.0 cm³/mol. The van der Waals surface area contributed by atoms with Gasteiger partial charge in [-0.1, -0.05) is 0 Å². The van der Waals surface area contributed by atoms with Gasteiger partial charge in [0.25, 0.3) is 0 Å². The first-order chi connectivity index (χ1) is 7.87. The quantitative estimate of drug-likeness (QED) is 0.650. The number of amides is 1. The summed E-state index contributed by atoms with van der Waals surface area (Å²) in [5, 5.41) is 0. The Hall–Kier alpha value is -0.770. The summed E-state index contributed by atoms with van der Waals surface area (Å²) in [6.45, 7) is 11.1. The molecule has 2 rings (SSSR count). The van der Waals surface area contributed by atoms with Crippen LogP contribution in [0.2, 0.25) is 0 Å². The van der Waals surface area contributed by atoms with Crippen LogP contribution in [0.5, 0.6) is 0 Å². The first-order valence-corrected chi connectivity index (χ1v) is 6.60. The molecule has 0 aliphatic carbocycles. The highest BCUT2D eigenvalue weighted by molar-refractivity contribution is 5.69. The lowest BCUT2D eigenvalue weighted by molar-refractivity contribution is -0.0308. The fourth-order valence-corrected chi connectivity index (χ4v) is 2.89. The van der Waals surface area contributed by atoms with Gasteiger partial charge in [0.2, 0.25) is 0 Å². The molecule has 98 valence electrons. The van der Waals surface area contributed by atoms with E-state index < -0.39 is 5.60 Å². The van der Waals surface area contributed by atoms with Crippen molar-refractivity contribution in [3.63, 3.8) is 0 Å². The van der Waals surface area contributed by atoms with Gasteiger partial charge in [-0.15, -0.1) is 0 Å². The Kier molecular flexibility index (Phi) is 3.34. The maximum Gasteiger partial charge on any atom is 0.410 e. The molecule has 3 atom stereocenters. The maximum atomic E-state index is 12.2. The Morgan fingerprint density at radius 3 is 2.65 bits per heavy atom. The number of nitrogens with zero attached hydrogens (tertiary/aromatic N) is 2. The minimum atomic E-state index is -0.400. The second kappa shape index (κ2) is 4.48. The van der Waals surface area contributed by atoms with Crippen LogP contribution in [0.25, 0.3) is 0 Å². The van der Waals surface area contributed by atoms with E-state index in [-0.39, 0.29) is 12.1 Å². The molecule has 0 N–H and O–H groups in total. The Morgan fingerprint density at radius 2 is 2.00 bits per heavy atom. The van der Waals surface area contributed by atoms with Gasteiger partial charge >= 0.3 is 6.09 Å². The van der Waals surface area contributed by atoms with Gasteiger partial charge < -0.3 is 4.74 Å². The summed E-state index contributed by atoms with van der Waals surface area (Å²) in [6.07, 6.45) is 2.16. The zero-order valence-electron chi connectivity index (χ0n) is 11.4. The summed E-state index contributed by atoms with van der Waals surface area (Å²) < 4.78 is 5.51. The third-order valence-corrected chi connectivity index (χ3v) is 3.48. The van der Waals surface area contributed by atoms with E-state index in [1.807, 2.05) is 25.7 Å². The van der Waals surface area contributed by atoms with Crippen LogP contribution in [-0.2, 0) is 4.74 Å². The van der Waals surface area contributed by atoms with Gasteiger partial charge in [-0.25, -0.2) is 4.79 Å². The lowest BCUT2D eigenvalue weighted by atomic mass is 9.98. The molecule has 2 fully saturated rings. The molecule has 0 spiro atoms. The van der Waals surface area contributed by atoms with Crippen LogP contribution < -0.4 is 0 Å². The highest BCUT2D eigenvalue weighted by Crippen LogP contribution is 2.26. The summed E-state index contributed by atoms with van der Waals surface area (Å²) in [5.74, 6) is 0. The van der Waals surface area contributed by atoms with Crippen LogP contribution >= 0.6 is 0 Å². The number of carbonyl (C=O) groups excluding carboxylic acids is 1. The van der Waals surface area contributed by atoms with Crippen molar-refractivity contribution in [2.75, 3.05) is 19.6 Å². The highest BCUT2D eigenvalue weighted by atomic mass is 16.6. The Labute approximate surface area is 104 Å². The number of hydrogen-bond acceptors (Lipinski definition) is 3. The number of carbonyl (C=O) groups is 1. The van der Waals surface area contributed by atoms with Crippen molar-refractivity contribution in [3.8, 4) is 0 Å². The van der Waals surface area contributed by atoms with Gasteiger partial charge in [-0.3, -0.25) is 9.80 Å². The van der Waals surface area contributed by atoms with E-state index in [0.717, 1.165) is 19.5 Å². The molecule has 17 heavy (non-hydrogen) atoms. The van der Waals surface area contributed by atoms with Crippen LogP contribution in [0, 0.1) is 0 Å². The van der Waals surface area contributed by atoms with E-state index in [1.165, 1.54) is 13.0 Å². The van der Waals surface area contributed by atoms with Crippen LogP contribution in [0.1, 0.15) is 40.5 Å². The lowest BCUT2D eigenvalue weighted by Crippen LogP contribution is -2.62. The van der Waals surface area contributed by atoms with Crippen molar-refractivity contribution in [1.29, 1.82) is 0 Å². The average Bonchev–Trinajstić information content (AvgIpc) is 2.13. The van der Waals surface area contributed by atoms with Crippen molar-refractivity contribution < 1.29 is 9.53 Å². The normalized spacial score (nSPS) is 33.4. The third-order valence-electron chi connectivity index (χ3n) is 3.48. The molecule has 0 aromatic carbocycles. The van der Waals surface area contributed by atoms with Gasteiger partial charge in [-0.05, 0) is 47.1 Å². The predicted octanol–water partition coefficient (Wildman–Crippen LogP) is 2.09. The first-order valence-electron chi connectivity index (χ1n) is 6.60. The van der Waals surface area contributed by atoms with Crippen LogP contribution in [0.15, 0.2) is 0 Å². The zero-order chi connectivity index (χ0) is 12.6. The van der Waals surface area contributed by atoms with Crippen molar-refractivity contribution >= 4 is 6.09 Å². The van der Waals surface area contributed by atoms with Crippen LogP contribution in [0.4, 0.5) is 4.79 Å². The maximum absolute atomic E-state index is 12.2. The fraction of sp³-hybridized carbons (Fsp3) is 0.923. The Balaban J connectivity index is 2.05. The van der Waals surface area contributed by atoms with Crippen LogP contribution in [-0.4, -0.2) is 53.2 Å². The second-order valence-corrected chi connectivity index (χ2v) is 6.29. The van der Waals surface area contributed by atoms with Gasteiger partial charge in [0.1, 0.15) is 5.60 Å². The summed E-state index contributed by atoms with van der Waals surface area (Å²) in [4.78, 5) is 16.6. The minimum Gasteiger partial charge on any atom is -0.444 e. The van der Waals surface area contributed by atoms with E-state index in [2.05, 4.69) is 11.8 Å². The molecule has 2 bridgehead atoms. The second-order valence-electron chi connectivity index (χ2n) is 6.29. The largest absolute Gasteiger partial charge is 0.444 e.